The molecule has 3 heterocycles. The lowest BCUT2D eigenvalue weighted by atomic mass is 10.2. The van der Waals surface area contributed by atoms with Crippen LogP contribution in [0, 0.1) is 0 Å². The summed E-state index contributed by atoms with van der Waals surface area (Å²) in [6, 6.07) is 12.8. The van der Waals surface area contributed by atoms with E-state index in [2.05, 4.69) is 9.71 Å². The number of hydrogen-bond acceptors (Lipinski definition) is 7. The number of methoxy groups -OCH3 is 1. The Morgan fingerprint density at radius 2 is 1.86 bits per heavy atom. The van der Waals surface area contributed by atoms with Gasteiger partial charge in [-0.05, 0) is 36.4 Å². The third-order valence-electron chi connectivity index (χ3n) is 4.30. The van der Waals surface area contributed by atoms with Crippen molar-refractivity contribution in [3.8, 4) is 5.75 Å². The summed E-state index contributed by atoms with van der Waals surface area (Å²) >= 11 is 0.984. The number of carbonyl (C=O) groups is 2. The molecule has 0 radical (unpaired) electrons. The summed E-state index contributed by atoms with van der Waals surface area (Å²) in [6.45, 7) is -0.0249. The largest absolute Gasteiger partial charge is 0.495 e. The molecule has 10 heteroatoms. The number of fused-ring (bicyclic) bond motifs is 1. The highest BCUT2D eigenvalue weighted by Crippen LogP contribution is 2.30. The topological polar surface area (TPSA) is 106 Å². The SMILES string of the molecule is COc1ccccc1NS(=O)(=O)c1ccc(CN2C(=O)c3cccnc3C2=O)s1. The molecule has 29 heavy (non-hydrogen) atoms. The van der Waals surface area contributed by atoms with Crippen molar-refractivity contribution < 1.29 is 22.7 Å². The Bertz CT molecular complexity index is 1180. The van der Waals surface area contributed by atoms with Gasteiger partial charge in [0, 0.05) is 11.1 Å². The number of imide groups is 1. The van der Waals surface area contributed by atoms with Crippen LogP contribution >= 0.6 is 11.3 Å². The number of amides is 2. The third kappa shape index (κ3) is 3.47. The highest BCUT2D eigenvalue weighted by atomic mass is 32.2. The first-order valence-corrected chi connectivity index (χ1v) is 10.8. The molecule has 2 aromatic heterocycles. The molecule has 148 valence electrons. The Morgan fingerprint density at radius 1 is 1.07 bits per heavy atom. The maximum atomic E-state index is 12.7. The van der Waals surface area contributed by atoms with Crippen molar-refractivity contribution in [2.75, 3.05) is 11.8 Å². The van der Waals surface area contributed by atoms with Crippen molar-refractivity contribution in [3.05, 3.63) is 70.9 Å². The molecule has 0 fully saturated rings. The molecule has 1 N–H and O–H groups in total. The van der Waals surface area contributed by atoms with Gasteiger partial charge in [0.1, 0.15) is 15.7 Å². The molecule has 8 nitrogen and oxygen atoms in total. The van der Waals surface area contributed by atoms with Gasteiger partial charge < -0.3 is 4.74 Å². The number of anilines is 1. The standard InChI is InChI=1S/C19H15N3O5S2/c1-27-15-7-3-2-6-14(15)21-29(25,26)16-9-8-12(28-16)11-22-18(23)13-5-4-10-20-17(13)19(22)24/h2-10,21H,11H2,1H3. The van der Waals surface area contributed by atoms with Crippen LogP contribution in [0.3, 0.4) is 0 Å². The van der Waals surface area contributed by atoms with Crippen LogP contribution in [0.4, 0.5) is 5.69 Å². The van der Waals surface area contributed by atoms with Crippen LogP contribution in [0.5, 0.6) is 5.75 Å². The summed E-state index contributed by atoms with van der Waals surface area (Å²) in [6.07, 6.45) is 1.45. The first-order valence-electron chi connectivity index (χ1n) is 8.46. The number of nitrogens with zero attached hydrogens (tertiary/aromatic N) is 2. The molecule has 0 spiro atoms. The predicted molar refractivity (Wildman–Crippen MR) is 107 cm³/mol. The smallest absolute Gasteiger partial charge is 0.280 e. The van der Waals surface area contributed by atoms with E-state index >= 15 is 0 Å². The first-order chi connectivity index (χ1) is 13.9. The second-order valence-corrected chi connectivity index (χ2v) is 9.20. The van der Waals surface area contributed by atoms with Crippen LogP contribution in [0.15, 0.2) is 58.9 Å². The first kappa shape index (κ1) is 19.1. The van der Waals surface area contributed by atoms with Gasteiger partial charge in [0.05, 0.1) is 24.9 Å². The second-order valence-electron chi connectivity index (χ2n) is 6.12. The van der Waals surface area contributed by atoms with E-state index in [9.17, 15) is 18.0 Å². The Labute approximate surface area is 170 Å². The zero-order valence-electron chi connectivity index (χ0n) is 15.2. The van der Waals surface area contributed by atoms with E-state index < -0.39 is 21.8 Å². The lowest BCUT2D eigenvalue weighted by Gasteiger charge is -2.12. The zero-order chi connectivity index (χ0) is 20.6. The molecular weight excluding hydrogens is 414 g/mol. The summed E-state index contributed by atoms with van der Waals surface area (Å²) in [5.41, 5.74) is 0.677. The quantitative estimate of drug-likeness (QED) is 0.604. The van der Waals surface area contributed by atoms with Crippen molar-refractivity contribution >= 4 is 38.9 Å². The molecular formula is C19H15N3O5S2. The fraction of sp³-hybridized carbons (Fsp3) is 0.105. The van der Waals surface area contributed by atoms with E-state index in [1.54, 1.807) is 42.5 Å². The summed E-state index contributed by atoms with van der Waals surface area (Å²) < 4.78 is 33.1. The molecule has 1 aliphatic heterocycles. The maximum absolute atomic E-state index is 12.7. The molecule has 0 bridgehead atoms. The number of ether oxygens (including phenoxy) is 1. The maximum Gasteiger partial charge on any atom is 0.280 e. The number of carbonyl (C=O) groups excluding carboxylic acids is 2. The molecule has 1 aromatic carbocycles. The Balaban J connectivity index is 1.54. The van der Waals surface area contributed by atoms with E-state index in [0.29, 0.717) is 16.3 Å². The van der Waals surface area contributed by atoms with Gasteiger partial charge in [-0.25, -0.2) is 8.42 Å². The third-order valence-corrected chi connectivity index (χ3v) is 7.23. The molecule has 3 aromatic rings. The molecule has 0 saturated carbocycles. The van der Waals surface area contributed by atoms with E-state index in [4.69, 9.17) is 4.74 Å². The van der Waals surface area contributed by atoms with Gasteiger partial charge in [0.25, 0.3) is 21.8 Å². The molecule has 1 aliphatic rings. The van der Waals surface area contributed by atoms with Crippen LogP contribution in [0.2, 0.25) is 0 Å². The average molecular weight is 429 g/mol. The summed E-state index contributed by atoms with van der Waals surface area (Å²) in [4.78, 5) is 30.5. The van der Waals surface area contributed by atoms with Crippen LogP contribution in [-0.4, -0.2) is 37.2 Å². The van der Waals surface area contributed by atoms with Crippen molar-refractivity contribution in [2.45, 2.75) is 10.8 Å². The summed E-state index contributed by atoms with van der Waals surface area (Å²) in [5, 5.41) is 0. The Morgan fingerprint density at radius 3 is 2.62 bits per heavy atom. The van der Waals surface area contributed by atoms with Crippen molar-refractivity contribution in [1.82, 2.24) is 9.88 Å². The number of nitrogens with one attached hydrogen (secondary N) is 1. The average Bonchev–Trinajstić information content (AvgIpc) is 3.29. The number of sulfonamides is 1. The molecule has 2 amide bonds. The van der Waals surface area contributed by atoms with Gasteiger partial charge in [-0.2, -0.15) is 0 Å². The minimum absolute atomic E-state index is 0.0249. The molecule has 0 saturated heterocycles. The van der Waals surface area contributed by atoms with Gasteiger partial charge in [-0.15, -0.1) is 11.3 Å². The van der Waals surface area contributed by atoms with Crippen molar-refractivity contribution in [3.63, 3.8) is 0 Å². The predicted octanol–water partition coefficient (Wildman–Crippen LogP) is 2.75. The fourth-order valence-corrected chi connectivity index (χ4v) is 5.34. The Kier molecular flexibility index (Phi) is 4.81. The normalized spacial score (nSPS) is 13.5. The number of rotatable bonds is 6. The van der Waals surface area contributed by atoms with E-state index in [1.807, 2.05) is 0 Å². The molecule has 0 atom stereocenters. The van der Waals surface area contributed by atoms with E-state index in [1.165, 1.54) is 19.4 Å². The van der Waals surface area contributed by atoms with Gasteiger partial charge in [0.2, 0.25) is 0 Å². The van der Waals surface area contributed by atoms with Gasteiger partial charge in [-0.3, -0.25) is 24.2 Å². The summed E-state index contributed by atoms with van der Waals surface area (Å²) in [7, 11) is -2.40. The summed E-state index contributed by atoms with van der Waals surface area (Å²) in [5.74, 6) is -0.537. The lowest BCUT2D eigenvalue weighted by molar-refractivity contribution is 0.0642. The minimum atomic E-state index is -3.85. The van der Waals surface area contributed by atoms with Crippen LogP contribution in [0.1, 0.15) is 25.7 Å². The minimum Gasteiger partial charge on any atom is -0.495 e. The lowest BCUT2D eigenvalue weighted by Crippen LogP contribution is -2.28. The van der Waals surface area contributed by atoms with Crippen LogP contribution in [-0.2, 0) is 16.6 Å². The fourth-order valence-electron chi connectivity index (χ4n) is 2.92. The Hall–Kier alpha value is -3.24. The zero-order valence-corrected chi connectivity index (χ0v) is 16.8. The highest BCUT2D eigenvalue weighted by molar-refractivity contribution is 7.94. The van der Waals surface area contributed by atoms with Crippen LogP contribution < -0.4 is 9.46 Å². The van der Waals surface area contributed by atoms with Crippen molar-refractivity contribution in [2.24, 2.45) is 0 Å². The molecule has 0 aliphatic carbocycles. The van der Waals surface area contributed by atoms with Crippen molar-refractivity contribution in [1.29, 1.82) is 0 Å². The van der Waals surface area contributed by atoms with E-state index in [0.717, 1.165) is 16.2 Å². The van der Waals surface area contributed by atoms with Gasteiger partial charge in [-0.1, -0.05) is 12.1 Å². The number of hydrogen-bond donors (Lipinski definition) is 1. The number of aromatic nitrogens is 1. The van der Waals surface area contributed by atoms with E-state index in [-0.39, 0.29) is 22.0 Å². The number of pyridine rings is 1. The number of thiophene rings is 1. The number of benzene rings is 1. The second kappa shape index (κ2) is 7.30. The number of para-hydroxylation sites is 2. The van der Waals surface area contributed by atoms with Gasteiger partial charge >= 0.3 is 0 Å². The molecule has 0 unspecified atom stereocenters. The highest BCUT2D eigenvalue weighted by Gasteiger charge is 2.36. The van der Waals surface area contributed by atoms with Gasteiger partial charge in [0.15, 0.2) is 0 Å². The monoisotopic (exact) mass is 429 g/mol. The van der Waals surface area contributed by atoms with Crippen LogP contribution in [0.25, 0.3) is 0 Å². The molecule has 4 rings (SSSR count).